The van der Waals surface area contributed by atoms with Crippen LogP contribution in [0.3, 0.4) is 0 Å². The van der Waals surface area contributed by atoms with E-state index in [0.29, 0.717) is 13.0 Å². The number of amides is 3. The minimum absolute atomic E-state index is 0.134. The van der Waals surface area contributed by atoms with E-state index < -0.39 is 17.4 Å². The molecule has 2 saturated heterocycles. The number of hydrogen-bond donors (Lipinski definition) is 1. The lowest BCUT2D eigenvalue weighted by atomic mass is 9.76. The molecule has 2 N–H and O–H groups in total. The van der Waals surface area contributed by atoms with E-state index in [9.17, 15) is 14.4 Å². The lowest BCUT2D eigenvalue weighted by Gasteiger charge is -2.26. The molecule has 3 aliphatic heterocycles. The van der Waals surface area contributed by atoms with E-state index >= 15 is 0 Å². The van der Waals surface area contributed by atoms with Crippen molar-refractivity contribution in [2.75, 3.05) is 18.5 Å². The number of quaternary nitrogens is 1. The molecular formula is C24H24N3O3+. The third-order valence-electron chi connectivity index (χ3n) is 6.87. The number of rotatable bonds is 4. The van der Waals surface area contributed by atoms with Crippen molar-refractivity contribution in [1.29, 1.82) is 0 Å². The number of hydrogen-bond acceptors (Lipinski definition) is 3. The minimum atomic E-state index is -1.11. The highest BCUT2D eigenvalue weighted by atomic mass is 16.2. The summed E-state index contributed by atoms with van der Waals surface area (Å²) in [4.78, 5) is 43.1. The van der Waals surface area contributed by atoms with Crippen LogP contribution in [0, 0.1) is 11.8 Å². The Morgan fingerprint density at radius 2 is 1.73 bits per heavy atom. The van der Waals surface area contributed by atoms with Crippen LogP contribution in [0.4, 0.5) is 5.69 Å². The van der Waals surface area contributed by atoms with E-state index in [1.165, 1.54) is 11.9 Å². The fraction of sp³-hybridized carbons (Fsp3) is 0.292. The van der Waals surface area contributed by atoms with Crippen LogP contribution in [0.2, 0.25) is 0 Å². The predicted octanol–water partition coefficient (Wildman–Crippen LogP) is 0.834. The molecule has 152 valence electrons. The van der Waals surface area contributed by atoms with Gasteiger partial charge in [-0.1, -0.05) is 54.6 Å². The van der Waals surface area contributed by atoms with Gasteiger partial charge in [0, 0.05) is 25.6 Å². The summed E-state index contributed by atoms with van der Waals surface area (Å²) < 4.78 is 0. The van der Waals surface area contributed by atoms with E-state index in [2.05, 4.69) is 6.58 Å². The Morgan fingerprint density at radius 1 is 1.03 bits per heavy atom. The van der Waals surface area contributed by atoms with Crippen molar-refractivity contribution >= 4 is 23.4 Å². The zero-order valence-electron chi connectivity index (χ0n) is 16.8. The minimum Gasteiger partial charge on any atom is -0.326 e. The van der Waals surface area contributed by atoms with Gasteiger partial charge in [-0.2, -0.15) is 0 Å². The smallest absolute Gasteiger partial charge is 0.294 e. The highest BCUT2D eigenvalue weighted by molar-refractivity contribution is 6.14. The number of para-hydroxylation sites is 1. The highest BCUT2D eigenvalue weighted by Gasteiger charge is 2.74. The Bertz CT molecular complexity index is 1070. The highest BCUT2D eigenvalue weighted by Crippen LogP contribution is 2.50. The SMILES string of the molecule is C=CCN1C(=O)[C@@]2([NH2+][C@@H](Cc3ccccc3)[C@@H]3C(=O)N(C)C(=O)[C@H]32)c2ccccc21. The Balaban J connectivity index is 1.66. The first kappa shape index (κ1) is 18.8. The first-order valence-corrected chi connectivity index (χ1v) is 10.2. The third kappa shape index (κ3) is 2.31. The van der Waals surface area contributed by atoms with E-state index in [0.717, 1.165) is 16.8 Å². The van der Waals surface area contributed by atoms with Crippen molar-refractivity contribution in [3.63, 3.8) is 0 Å². The topological polar surface area (TPSA) is 74.3 Å². The number of carbonyl (C=O) groups excluding carboxylic acids is 3. The predicted molar refractivity (Wildman–Crippen MR) is 111 cm³/mol. The quantitative estimate of drug-likeness (QED) is 0.608. The molecule has 4 atom stereocenters. The van der Waals surface area contributed by atoms with Gasteiger partial charge in [-0.3, -0.25) is 19.3 Å². The van der Waals surface area contributed by atoms with Crippen LogP contribution < -0.4 is 10.2 Å². The van der Waals surface area contributed by atoms with Crippen molar-refractivity contribution in [2.45, 2.75) is 18.0 Å². The maximum Gasteiger partial charge on any atom is 0.294 e. The Kier molecular flexibility index (Phi) is 4.15. The molecule has 5 rings (SSSR count). The number of fused-ring (bicyclic) bond motifs is 4. The fourth-order valence-corrected chi connectivity index (χ4v) is 5.64. The van der Waals surface area contributed by atoms with Gasteiger partial charge in [-0.25, -0.2) is 0 Å². The summed E-state index contributed by atoms with van der Waals surface area (Å²) in [7, 11) is 1.53. The van der Waals surface area contributed by atoms with E-state index in [-0.39, 0.29) is 23.8 Å². The summed E-state index contributed by atoms with van der Waals surface area (Å²) in [5, 5.41) is 2.00. The first-order valence-electron chi connectivity index (χ1n) is 10.2. The Labute approximate surface area is 175 Å². The maximum atomic E-state index is 13.8. The molecule has 2 aromatic carbocycles. The first-order chi connectivity index (χ1) is 14.5. The molecule has 3 aliphatic rings. The van der Waals surface area contributed by atoms with Crippen LogP contribution in [0.1, 0.15) is 11.1 Å². The fourth-order valence-electron chi connectivity index (χ4n) is 5.64. The van der Waals surface area contributed by atoms with E-state index in [1.807, 2.05) is 59.9 Å². The van der Waals surface area contributed by atoms with Gasteiger partial charge < -0.3 is 10.2 Å². The molecule has 30 heavy (non-hydrogen) atoms. The number of benzene rings is 2. The molecule has 3 amide bonds. The average molecular weight is 402 g/mol. The van der Waals surface area contributed by atoms with Gasteiger partial charge in [-0.05, 0) is 11.6 Å². The lowest BCUT2D eigenvalue weighted by Crippen LogP contribution is -2.99. The number of nitrogens with zero attached hydrogens (tertiary/aromatic N) is 2. The molecule has 0 saturated carbocycles. The van der Waals surface area contributed by atoms with Gasteiger partial charge >= 0.3 is 0 Å². The van der Waals surface area contributed by atoms with Crippen molar-refractivity contribution < 1.29 is 19.7 Å². The van der Waals surface area contributed by atoms with Gasteiger partial charge in [-0.15, -0.1) is 6.58 Å². The molecule has 2 fully saturated rings. The maximum absolute atomic E-state index is 13.8. The van der Waals surface area contributed by atoms with Gasteiger partial charge in [0.15, 0.2) is 0 Å². The lowest BCUT2D eigenvalue weighted by molar-refractivity contribution is -0.733. The van der Waals surface area contributed by atoms with Crippen LogP contribution in [0.5, 0.6) is 0 Å². The Hall–Kier alpha value is -3.25. The van der Waals surface area contributed by atoms with Crippen molar-refractivity contribution in [3.8, 4) is 0 Å². The van der Waals surface area contributed by atoms with E-state index in [1.54, 1.807) is 11.0 Å². The van der Waals surface area contributed by atoms with Gasteiger partial charge in [0.25, 0.3) is 5.91 Å². The standard InChI is InChI=1S/C24H23N3O3/c1-3-13-27-18-12-8-7-11-16(18)24(23(27)30)20-19(21(28)26(2)22(20)29)17(25-24)14-15-9-5-4-6-10-15/h3-12,17,19-20,25H,1,13-14H2,2H3/p+1/t17-,19-,20-,24+/m0/s1. The molecule has 0 unspecified atom stereocenters. The van der Waals surface area contributed by atoms with Gasteiger partial charge in [0.1, 0.15) is 17.9 Å². The molecule has 0 bridgehead atoms. The van der Waals surface area contributed by atoms with Crippen LogP contribution in [-0.4, -0.2) is 42.3 Å². The molecule has 1 spiro atoms. The molecule has 3 heterocycles. The monoisotopic (exact) mass is 402 g/mol. The number of carbonyl (C=O) groups is 3. The molecule has 0 aliphatic carbocycles. The normalized spacial score (nSPS) is 29.6. The number of likely N-dealkylation sites (tertiary alicyclic amines) is 1. The summed E-state index contributed by atoms with van der Waals surface area (Å²) in [6.07, 6.45) is 2.31. The largest absolute Gasteiger partial charge is 0.326 e. The second-order valence-corrected chi connectivity index (χ2v) is 8.35. The summed E-state index contributed by atoms with van der Waals surface area (Å²) >= 11 is 0. The second kappa shape index (κ2) is 6.64. The zero-order chi connectivity index (χ0) is 21.0. The molecule has 2 aromatic rings. The molecular weight excluding hydrogens is 378 g/mol. The molecule has 0 aromatic heterocycles. The van der Waals surface area contributed by atoms with Crippen LogP contribution >= 0.6 is 0 Å². The average Bonchev–Trinajstić information content (AvgIpc) is 3.30. The molecule has 6 nitrogen and oxygen atoms in total. The number of nitrogens with two attached hydrogens (primary N) is 1. The van der Waals surface area contributed by atoms with Crippen molar-refractivity contribution in [2.24, 2.45) is 11.8 Å². The third-order valence-corrected chi connectivity index (χ3v) is 6.87. The zero-order valence-corrected chi connectivity index (χ0v) is 16.8. The summed E-state index contributed by atoms with van der Waals surface area (Å²) in [5.74, 6) is -1.81. The van der Waals surface area contributed by atoms with Crippen molar-refractivity contribution in [1.82, 2.24) is 4.90 Å². The summed E-state index contributed by atoms with van der Waals surface area (Å²) in [6, 6.07) is 17.3. The van der Waals surface area contributed by atoms with Crippen molar-refractivity contribution in [3.05, 3.63) is 78.4 Å². The number of imide groups is 1. The van der Waals surface area contributed by atoms with Gasteiger partial charge in [0.05, 0.1) is 5.69 Å². The van der Waals surface area contributed by atoms with Crippen LogP contribution in [0.25, 0.3) is 0 Å². The Morgan fingerprint density at radius 3 is 2.47 bits per heavy atom. The van der Waals surface area contributed by atoms with Crippen LogP contribution in [0.15, 0.2) is 67.3 Å². The van der Waals surface area contributed by atoms with Crippen LogP contribution in [-0.2, 0) is 26.3 Å². The second-order valence-electron chi connectivity index (χ2n) is 8.35. The molecule has 0 radical (unpaired) electrons. The summed E-state index contributed by atoms with van der Waals surface area (Å²) in [6.45, 7) is 4.15. The molecule has 6 heteroatoms. The van der Waals surface area contributed by atoms with Gasteiger partial charge in [0.2, 0.25) is 17.4 Å². The number of anilines is 1. The van der Waals surface area contributed by atoms with E-state index in [4.69, 9.17) is 0 Å². The summed E-state index contributed by atoms with van der Waals surface area (Å²) in [5.41, 5.74) is 1.60.